The van der Waals surface area contributed by atoms with E-state index in [9.17, 15) is 44.4 Å². The maximum atomic E-state index is 15.5. The predicted octanol–water partition coefficient (Wildman–Crippen LogP) is -2.02. The maximum Gasteiger partial charge on any atom is 0.246 e. The molecule has 584 valence electrons. The van der Waals surface area contributed by atoms with Crippen molar-refractivity contribution in [3.05, 3.63) is 138 Å². The Morgan fingerprint density at radius 1 is 0.574 bits per heavy atom. The van der Waals surface area contributed by atoms with Gasteiger partial charge < -0.3 is 94.7 Å². The lowest BCUT2D eigenvalue weighted by molar-refractivity contribution is -0.231. The van der Waals surface area contributed by atoms with Gasteiger partial charge in [-0.25, -0.2) is 5.01 Å². The standard InChI is InChI=1S/C75H102N16O17/c1-40(2)32-51-66(99)85-56(36-46-22-14-9-15-23-46)74(107)90-31-17-25-57(90)71(104)83-52(33-44-18-10-7-11-19-44)67(100)81-53(34-45-20-12-8-13-21-45)70(103)87-60(42(5)64(77)97)73(106)84-55(37-48-38-91(89-88-48)75-61(78-43(6)93)63(96)62(95)58(39-92)108-75)68(101)82-54(35-47-26-28-49(94)29-27-47)69(102)86-59(41(3)4)72(105)79-50(24-16-30-76)65(98)80-51/h7-15,18-23,26-29,40-42,48,50-63,75,92,94-96H,16-17,24-25,30-39,76H2,1-6H3,(H2,77,97)(H,78,93)(H,79,105)(H,80,98)(H,81,100)(H,82,101)(H,83,104)(H,84,106)(H,85,99)(H,86,102)(H,87,103)/t42?,48?,50-,51-,52-,53+,54-,55-,56+,57-,58+,59-,60-,61+,62+,63+,75+/m0/s1. The number of phenolic OH excluding ortho intramolecular Hbond substituents is 1. The number of fused-ring (bicyclic) bond motifs is 1. The van der Waals surface area contributed by atoms with Crippen molar-refractivity contribution in [2.24, 2.45) is 39.6 Å². The summed E-state index contributed by atoms with van der Waals surface area (Å²) < 4.78 is 5.96. The van der Waals surface area contributed by atoms with Crippen LogP contribution >= 0.6 is 0 Å². The summed E-state index contributed by atoms with van der Waals surface area (Å²) in [5.41, 5.74) is 14.0. The van der Waals surface area contributed by atoms with Gasteiger partial charge in [0.1, 0.15) is 90.5 Å². The largest absolute Gasteiger partial charge is 0.508 e. The van der Waals surface area contributed by atoms with Gasteiger partial charge in [-0.05, 0) is 84.9 Å². The van der Waals surface area contributed by atoms with E-state index in [1.807, 2.05) is 13.8 Å². The van der Waals surface area contributed by atoms with Crippen LogP contribution in [0.2, 0.25) is 0 Å². The van der Waals surface area contributed by atoms with Gasteiger partial charge in [-0.3, -0.25) is 57.5 Å². The number of aliphatic hydroxyl groups excluding tert-OH is 3. The SMILES string of the molecule is CC(=O)N[C@@H]1[C@@H](O)[C@H](O)[C@@H](CO)O[C@H]1N1CC(C[C@@H]2NC(=O)[C@H](C(C)C(N)=O)NC(=O)[C@@H](Cc3ccccc3)NC(=O)[C@H](Cc3ccccc3)NC(=O)[C@@H]3CCCN3C(=O)[C@@H](Cc3ccccc3)NC(=O)[C@H](CC(C)C)NC(=O)[C@H](CCCN)NC(=O)[C@H](C(C)C)NC(=O)[C@H](Cc3ccc(O)cc3)NC2=O)N=N1. The van der Waals surface area contributed by atoms with Gasteiger partial charge in [0.15, 0.2) is 6.23 Å². The molecule has 0 aromatic heterocycles. The van der Waals surface area contributed by atoms with Crippen LogP contribution < -0.4 is 64.6 Å². The third kappa shape index (κ3) is 23.0. The highest BCUT2D eigenvalue weighted by molar-refractivity contribution is 6.01. The van der Waals surface area contributed by atoms with Crippen LogP contribution in [0.4, 0.5) is 0 Å². The molecule has 4 aliphatic rings. The lowest BCUT2D eigenvalue weighted by atomic mass is 9.95. The number of amides is 12. The second-order valence-electron chi connectivity index (χ2n) is 28.7. The first kappa shape index (κ1) is 83.2. The molecule has 0 aliphatic carbocycles. The predicted molar refractivity (Wildman–Crippen MR) is 391 cm³/mol. The molecule has 0 spiro atoms. The summed E-state index contributed by atoms with van der Waals surface area (Å²) in [6.45, 7) is 8.21. The second kappa shape index (κ2) is 39.4. The van der Waals surface area contributed by atoms with Gasteiger partial charge >= 0.3 is 0 Å². The lowest BCUT2D eigenvalue weighted by Gasteiger charge is -2.44. The molecule has 0 radical (unpaired) electrons. The molecule has 2 unspecified atom stereocenters. The molecular formula is C75H102N16O17. The molecule has 33 nitrogen and oxygen atoms in total. The van der Waals surface area contributed by atoms with Crippen molar-refractivity contribution in [2.75, 3.05) is 26.2 Å². The minimum Gasteiger partial charge on any atom is -0.508 e. The fourth-order valence-corrected chi connectivity index (χ4v) is 13.5. The number of nitrogens with two attached hydrogens (primary N) is 2. The number of rotatable bonds is 21. The first-order chi connectivity index (χ1) is 51.5. The molecule has 8 rings (SSSR count). The number of nitrogens with zero attached hydrogens (tertiary/aromatic N) is 4. The van der Waals surface area contributed by atoms with Crippen molar-refractivity contribution in [1.82, 2.24) is 63.1 Å². The fraction of sp³-hybridized carbons (Fsp3) is 0.520. The highest BCUT2D eigenvalue weighted by atomic mass is 16.5. The van der Waals surface area contributed by atoms with Crippen LogP contribution in [0.1, 0.15) is 102 Å². The summed E-state index contributed by atoms with van der Waals surface area (Å²) in [4.78, 5) is 179. The van der Waals surface area contributed by atoms with Gasteiger partial charge in [0.25, 0.3) is 0 Å². The van der Waals surface area contributed by atoms with Crippen molar-refractivity contribution in [3.8, 4) is 5.75 Å². The number of ether oxygens (including phenoxy) is 1. The Hall–Kier alpha value is -10.5. The third-order valence-corrected chi connectivity index (χ3v) is 19.5. The summed E-state index contributed by atoms with van der Waals surface area (Å²) in [5, 5.41) is 79.5. The van der Waals surface area contributed by atoms with Crippen LogP contribution in [0.3, 0.4) is 0 Å². The molecule has 18 N–H and O–H groups in total. The molecule has 0 bridgehead atoms. The summed E-state index contributed by atoms with van der Waals surface area (Å²) in [6.07, 6.45) is -7.00. The first-order valence-electron chi connectivity index (χ1n) is 36.5. The maximum absolute atomic E-state index is 15.5. The molecule has 17 atom stereocenters. The fourth-order valence-electron chi connectivity index (χ4n) is 13.5. The Balaban J connectivity index is 1.23. The number of hydrogen-bond acceptors (Lipinski definition) is 21. The molecular weight excluding hydrogens is 1400 g/mol. The molecule has 12 amide bonds. The Morgan fingerprint density at radius 2 is 1.03 bits per heavy atom. The lowest BCUT2D eigenvalue weighted by Crippen LogP contribution is -2.67. The first-order valence-corrected chi connectivity index (χ1v) is 36.5. The van der Waals surface area contributed by atoms with E-state index in [1.54, 1.807) is 105 Å². The van der Waals surface area contributed by atoms with E-state index < -0.39 is 193 Å². The summed E-state index contributed by atoms with van der Waals surface area (Å²) in [7, 11) is 0. The number of benzene rings is 4. The number of primary amides is 1. The van der Waals surface area contributed by atoms with Gasteiger partial charge in [0.05, 0.1) is 25.1 Å². The minimum absolute atomic E-state index is 0.0346. The van der Waals surface area contributed by atoms with Gasteiger partial charge in [-0.2, -0.15) is 5.11 Å². The molecule has 3 saturated heterocycles. The molecule has 0 saturated carbocycles. The number of hydrogen-bond donors (Lipinski definition) is 16. The smallest absolute Gasteiger partial charge is 0.246 e. The Bertz CT molecular complexity index is 3810. The van der Waals surface area contributed by atoms with E-state index in [4.69, 9.17) is 16.2 Å². The quantitative estimate of drug-likeness (QED) is 0.0428. The molecule has 108 heavy (non-hydrogen) atoms. The van der Waals surface area contributed by atoms with E-state index in [1.165, 1.54) is 41.1 Å². The zero-order chi connectivity index (χ0) is 78.5. The van der Waals surface area contributed by atoms with Gasteiger partial charge in [-0.15, -0.1) is 0 Å². The van der Waals surface area contributed by atoms with Crippen LogP contribution in [0.25, 0.3) is 0 Å². The number of carbonyl (C=O) groups is 12. The number of aromatic hydroxyl groups is 1. The molecule has 4 heterocycles. The van der Waals surface area contributed by atoms with E-state index in [-0.39, 0.29) is 82.7 Å². The van der Waals surface area contributed by atoms with Crippen molar-refractivity contribution in [2.45, 2.75) is 203 Å². The zero-order valence-corrected chi connectivity index (χ0v) is 61.4. The Morgan fingerprint density at radius 3 is 1.55 bits per heavy atom. The van der Waals surface area contributed by atoms with Gasteiger partial charge in [0, 0.05) is 45.6 Å². The topological polar surface area (TPSA) is 499 Å². The van der Waals surface area contributed by atoms with E-state index in [0.717, 1.165) is 6.92 Å². The van der Waals surface area contributed by atoms with E-state index in [0.29, 0.717) is 28.7 Å². The minimum atomic E-state index is -1.97. The highest BCUT2D eigenvalue weighted by Gasteiger charge is 2.50. The van der Waals surface area contributed by atoms with Crippen molar-refractivity contribution in [3.63, 3.8) is 0 Å². The van der Waals surface area contributed by atoms with Crippen LogP contribution in [0.15, 0.2) is 126 Å². The number of phenols is 1. The molecule has 4 aromatic rings. The van der Waals surface area contributed by atoms with Gasteiger partial charge in [0.2, 0.25) is 70.9 Å². The third-order valence-electron chi connectivity index (χ3n) is 19.5. The Kier molecular flexibility index (Phi) is 30.3. The van der Waals surface area contributed by atoms with Crippen LogP contribution in [-0.2, 0) is 88.0 Å². The van der Waals surface area contributed by atoms with E-state index in [2.05, 4.69) is 63.5 Å². The molecule has 4 aliphatic heterocycles. The Labute approximate surface area is 626 Å². The molecule has 33 heteroatoms. The summed E-state index contributed by atoms with van der Waals surface area (Å²) in [6, 6.07) is 13.5. The number of nitrogens with one attached hydrogen (secondary N) is 10. The van der Waals surface area contributed by atoms with Crippen molar-refractivity contribution < 1.29 is 82.7 Å². The second-order valence-corrected chi connectivity index (χ2v) is 28.7. The van der Waals surface area contributed by atoms with E-state index >= 15 is 33.6 Å². The molecule has 4 aromatic carbocycles. The number of aliphatic hydroxyl groups is 3. The van der Waals surface area contributed by atoms with Gasteiger partial charge in [-0.1, -0.05) is 143 Å². The van der Waals surface area contributed by atoms with Crippen molar-refractivity contribution in [1.29, 1.82) is 0 Å². The zero-order valence-electron chi connectivity index (χ0n) is 61.4. The van der Waals surface area contributed by atoms with Crippen molar-refractivity contribution >= 4 is 70.9 Å². The van der Waals surface area contributed by atoms with Crippen LogP contribution in [0.5, 0.6) is 5.75 Å². The average molecular weight is 1500 g/mol. The average Bonchev–Trinajstić information content (AvgIpc) is 1.43. The monoisotopic (exact) mass is 1500 g/mol. The normalized spacial score (nSPS) is 28.0. The summed E-state index contributed by atoms with van der Waals surface area (Å²) >= 11 is 0. The highest BCUT2D eigenvalue weighted by Crippen LogP contribution is 2.29. The van der Waals surface area contributed by atoms with Crippen LogP contribution in [0, 0.1) is 17.8 Å². The number of carbonyl (C=O) groups excluding carboxylic acids is 12. The molecule has 3 fully saturated rings. The summed E-state index contributed by atoms with van der Waals surface area (Å²) in [5.74, 6) is -13.7. The van der Waals surface area contributed by atoms with Crippen LogP contribution in [-0.4, -0.2) is 225 Å².